The number of morpholine rings is 1. The van der Waals surface area contributed by atoms with E-state index in [0.29, 0.717) is 54.0 Å². The molecule has 1 aliphatic heterocycles. The number of methoxy groups -OCH3 is 3. The molecule has 1 aliphatic rings. The lowest BCUT2D eigenvalue weighted by molar-refractivity contribution is -0.116. The van der Waals surface area contributed by atoms with E-state index in [4.69, 9.17) is 28.9 Å². The van der Waals surface area contributed by atoms with Gasteiger partial charge in [0.25, 0.3) is 0 Å². The number of nitrogens with one attached hydrogen (secondary N) is 1. The van der Waals surface area contributed by atoms with E-state index in [1.54, 1.807) is 57.5 Å². The van der Waals surface area contributed by atoms with Crippen LogP contribution < -0.4 is 24.4 Å². The largest absolute Gasteiger partial charge is 0.493 e. The highest BCUT2D eigenvalue weighted by Crippen LogP contribution is 2.38. The smallest absolute Gasteiger partial charge is 0.244 e. The number of hydrogen-bond acceptors (Lipinski definition) is 10. The molecule has 12 heteroatoms. The van der Waals surface area contributed by atoms with E-state index < -0.39 is 0 Å². The Labute approximate surface area is 226 Å². The second-order valence-corrected chi connectivity index (χ2v) is 10.3. The Morgan fingerprint density at radius 3 is 2.47 bits per heavy atom. The predicted octanol–water partition coefficient (Wildman–Crippen LogP) is 3.02. The van der Waals surface area contributed by atoms with Gasteiger partial charge in [0.05, 0.1) is 52.7 Å². The maximum Gasteiger partial charge on any atom is 0.244 e. The summed E-state index contributed by atoms with van der Waals surface area (Å²) in [6.07, 6.45) is 4.97. The minimum absolute atomic E-state index is 0.227. The fourth-order valence-electron chi connectivity index (χ4n) is 4.08. The lowest BCUT2D eigenvalue weighted by Gasteiger charge is -2.28. The van der Waals surface area contributed by atoms with Crippen molar-refractivity contribution in [2.45, 2.75) is 30.8 Å². The molecule has 1 aromatic carbocycles. The molecule has 0 radical (unpaired) electrons. The van der Waals surface area contributed by atoms with Gasteiger partial charge in [0.15, 0.2) is 22.3 Å². The molecular formula is C26H34N6O5S. The van der Waals surface area contributed by atoms with Gasteiger partial charge in [0.2, 0.25) is 11.7 Å². The summed E-state index contributed by atoms with van der Waals surface area (Å²) in [5, 5.41) is 9.42. The lowest BCUT2D eigenvalue weighted by atomic mass is 10.1. The number of thioether (sulfide) groups is 1. The second-order valence-electron chi connectivity index (χ2n) is 8.78. The van der Waals surface area contributed by atoms with Crippen LogP contribution in [0, 0.1) is 0 Å². The lowest BCUT2D eigenvalue weighted by Crippen LogP contribution is -2.37. The van der Waals surface area contributed by atoms with E-state index in [2.05, 4.69) is 29.2 Å². The molecule has 11 nitrogen and oxygen atoms in total. The van der Waals surface area contributed by atoms with E-state index in [-0.39, 0.29) is 5.91 Å². The summed E-state index contributed by atoms with van der Waals surface area (Å²) in [5.74, 6) is 2.19. The van der Waals surface area contributed by atoms with Crippen molar-refractivity contribution in [2.75, 3.05) is 59.1 Å². The van der Waals surface area contributed by atoms with Crippen molar-refractivity contribution < 1.29 is 23.7 Å². The van der Waals surface area contributed by atoms with Gasteiger partial charge in [-0.15, -0.1) is 0 Å². The number of fused-ring (bicyclic) bond motifs is 1. The Hall–Kier alpha value is -3.51. The highest BCUT2D eigenvalue weighted by Gasteiger charge is 2.20. The van der Waals surface area contributed by atoms with Gasteiger partial charge < -0.3 is 29.2 Å². The molecule has 1 N–H and O–H groups in total. The van der Waals surface area contributed by atoms with Gasteiger partial charge in [-0.3, -0.25) is 4.79 Å². The molecule has 204 valence electrons. The van der Waals surface area contributed by atoms with Crippen LogP contribution in [0.3, 0.4) is 0 Å². The average Bonchev–Trinajstić information content (AvgIpc) is 3.33. The van der Waals surface area contributed by atoms with Crippen molar-refractivity contribution in [3.63, 3.8) is 0 Å². The zero-order valence-electron chi connectivity index (χ0n) is 22.4. The molecule has 3 heterocycles. The second kappa shape index (κ2) is 12.8. The number of amides is 1. The van der Waals surface area contributed by atoms with Gasteiger partial charge in [-0.1, -0.05) is 25.6 Å². The molecule has 3 aromatic rings. The Morgan fingerprint density at radius 1 is 1.13 bits per heavy atom. The Morgan fingerprint density at radius 2 is 1.84 bits per heavy atom. The topological polar surface area (TPSA) is 113 Å². The Bertz CT molecular complexity index is 1260. The maximum atomic E-state index is 12.5. The van der Waals surface area contributed by atoms with Crippen molar-refractivity contribution in [1.82, 2.24) is 25.1 Å². The third kappa shape index (κ3) is 6.48. The van der Waals surface area contributed by atoms with E-state index in [1.807, 2.05) is 4.68 Å². The Balaban J connectivity index is 1.45. The SMILES string of the molecule is COc1cc(/C=C\C(=O)NCCn2ncc3c(N4CCOCC4)nc(SC(C)C)nc32)cc(OC)c1OC. The first-order valence-corrected chi connectivity index (χ1v) is 13.3. The molecule has 0 atom stereocenters. The normalized spacial score (nSPS) is 13.9. The van der Waals surface area contributed by atoms with Crippen LogP contribution in [0.4, 0.5) is 5.82 Å². The van der Waals surface area contributed by atoms with Gasteiger partial charge >= 0.3 is 0 Å². The molecule has 0 aliphatic carbocycles. The molecule has 0 spiro atoms. The van der Waals surface area contributed by atoms with Crippen LogP contribution in [0.15, 0.2) is 29.6 Å². The number of carbonyl (C=O) groups is 1. The first-order chi connectivity index (χ1) is 18.4. The van der Waals surface area contributed by atoms with E-state index in [1.165, 1.54) is 6.08 Å². The van der Waals surface area contributed by atoms with Gasteiger partial charge in [0.1, 0.15) is 5.82 Å². The number of nitrogens with zero attached hydrogens (tertiary/aromatic N) is 5. The van der Waals surface area contributed by atoms with Crippen LogP contribution in [0.5, 0.6) is 17.2 Å². The summed E-state index contributed by atoms with van der Waals surface area (Å²) in [5.41, 5.74) is 1.50. The number of carbonyl (C=O) groups excluding carboxylic acids is 1. The van der Waals surface area contributed by atoms with Crippen LogP contribution in [0.1, 0.15) is 19.4 Å². The van der Waals surface area contributed by atoms with Gasteiger partial charge in [-0.25, -0.2) is 14.6 Å². The standard InChI is InChI=1S/C26H34N6O5S/c1-17(2)38-26-29-24(31-10-12-37-13-11-31)19-16-28-32(25(19)30-26)9-8-27-22(33)7-6-18-14-20(34-3)23(36-5)21(15-18)35-4/h6-7,14-17H,8-13H2,1-5H3,(H,27,33)/b7-6-. The number of benzene rings is 1. The summed E-state index contributed by atoms with van der Waals surface area (Å²) in [6.45, 7) is 7.98. The number of hydrogen-bond donors (Lipinski definition) is 1. The molecule has 4 rings (SSSR count). The fraction of sp³-hybridized carbons (Fsp3) is 0.462. The molecular weight excluding hydrogens is 508 g/mol. The predicted molar refractivity (Wildman–Crippen MR) is 147 cm³/mol. The molecule has 1 fully saturated rings. The first-order valence-electron chi connectivity index (χ1n) is 12.4. The summed E-state index contributed by atoms with van der Waals surface area (Å²) in [4.78, 5) is 24.4. The van der Waals surface area contributed by atoms with Crippen LogP contribution in [0.25, 0.3) is 17.1 Å². The molecule has 1 amide bonds. The van der Waals surface area contributed by atoms with Crippen LogP contribution >= 0.6 is 11.8 Å². The van der Waals surface area contributed by atoms with Crippen LogP contribution in [0.2, 0.25) is 0 Å². The van der Waals surface area contributed by atoms with Crippen molar-refractivity contribution in [3.05, 3.63) is 30.0 Å². The number of anilines is 1. The first kappa shape index (κ1) is 27.5. The summed E-state index contributed by atoms with van der Waals surface area (Å²) < 4.78 is 23.4. The highest BCUT2D eigenvalue weighted by atomic mass is 32.2. The molecule has 0 unspecified atom stereocenters. The summed E-state index contributed by atoms with van der Waals surface area (Å²) in [7, 11) is 4.65. The maximum absolute atomic E-state index is 12.5. The van der Waals surface area contributed by atoms with Crippen molar-refractivity contribution in [1.29, 1.82) is 0 Å². The zero-order chi connectivity index (χ0) is 27.1. The molecule has 38 heavy (non-hydrogen) atoms. The van der Waals surface area contributed by atoms with Crippen molar-refractivity contribution in [2.24, 2.45) is 0 Å². The molecule has 2 aromatic heterocycles. The van der Waals surface area contributed by atoms with Gasteiger partial charge in [-0.05, 0) is 23.8 Å². The van der Waals surface area contributed by atoms with Gasteiger partial charge in [0, 0.05) is 31.0 Å². The molecule has 0 saturated carbocycles. The van der Waals surface area contributed by atoms with Gasteiger partial charge in [-0.2, -0.15) is 5.10 Å². The van der Waals surface area contributed by atoms with E-state index in [0.717, 1.165) is 35.5 Å². The molecule has 1 saturated heterocycles. The third-order valence-corrected chi connectivity index (χ3v) is 6.71. The summed E-state index contributed by atoms with van der Waals surface area (Å²) in [6, 6.07) is 3.55. The average molecular weight is 543 g/mol. The minimum Gasteiger partial charge on any atom is -0.493 e. The zero-order valence-corrected chi connectivity index (χ0v) is 23.2. The number of rotatable bonds is 11. The highest BCUT2D eigenvalue weighted by molar-refractivity contribution is 7.99. The Kier molecular flexibility index (Phi) is 9.29. The summed E-state index contributed by atoms with van der Waals surface area (Å²) >= 11 is 1.62. The third-order valence-electron chi connectivity index (χ3n) is 5.84. The minimum atomic E-state index is -0.227. The van der Waals surface area contributed by atoms with Crippen molar-refractivity contribution in [3.8, 4) is 17.2 Å². The van der Waals surface area contributed by atoms with Crippen LogP contribution in [-0.2, 0) is 16.1 Å². The van der Waals surface area contributed by atoms with E-state index >= 15 is 0 Å². The van der Waals surface area contributed by atoms with Crippen molar-refractivity contribution >= 4 is 40.6 Å². The monoisotopic (exact) mass is 542 g/mol. The number of ether oxygens (including phenoxy) is 4. The fourth-order valence-corrected chi connectivity index (χ4v) is 4.78. The quantitative estimate of drug-likeness (QED) is 0.220. The van der Waals surface area contributed by atoms with E-state index in [9.17, 15) is 4.79 Å². The van der Waals surface area contributed by atoms with Crippen LogP contribution in [-0.4, -0.2) is 85.1 Å². The molecule has 0 bridgehead atoms. The number of aromatic nitrogens is 4.